The van der Waals surface area contributed by atoms with Gasteiger partial charge in [-0.05, 0) is 32.4 Å². The number of piperidine rings is 1. The lowest BCUT2D eigenvalue weighted by molar-refractivity contribution is 0.232. The maximum Gasteiger partial charge on any atom is 0.0597 e. The molecule has 0 spiro atoms. The summed E-state index contributed by atoms with van der Waals surface area (Å²) < 4.78 is 0. The summed E-state index contributed by atoms with van der Waals surface area (Å²) in [5, 5.41) is 3.32. The molecule has 0 aromatic heterocycles. The number of hydrogen-bond acceptors (Lipinski definition) is 2. The molecule has 0 saturated carbocycles. The quantitative estimate of drug-likeness (QED) is 0.542. The van der Waals surface area contributed by atoms with Gasteiger partial charge >= 0.3 is 0 Å². The number of rotatable bonds is 1. The highest BCUT2D eigenvalue weighted by Gasteiger charge is 2.35. The summed E-state index contributed by atoms with van der Waals surface area (Å²) >= 11 is 0. The van der Waals surface area contributed by atoms with Gasteiger partial charge in [-0.3, -0.25) is 4.90 Å². The molecule has 0 aromatic carbocycles. The largest absolute Gasteiger partial charge is 0.305 e. The molecule has 3 atom stereocenters. The van der Waals surface area contributed by atoms with Gasteiger partial charge in [-0.15, -0.1) is 0 Å². The second kappa shape index (κ2) is 1.96. The van der Waals surface area contributed by atoms with E-state index >= 15 is 0 Å². The standard InChI is InChI=1S/C7H14N2/c1-8-7-4-6-2-3-9(7)5-6/h6-8H,2-5H2,1H3/t6?,7-/m1/s1. The van der Waals surface area contributed by atoms with Crippen LogP contribution in [0.1, 0.15) is 12.8 Å². The zero-order valence-electron chi connectivity index (χ0n) is 5.93. The van der Waals surface area contributed by atoms with Crippen LogP contribution in [0.15, 0.2) is 0 Å². The van der Waals surface area contributed by atoms with E-state index in [9.17, 15) is 0 Å². The summed E-state index contributed by atoms with van der Waals surface area (Å²) in [6, 6.07) is 0. The summed E-state index contributed by atoms with van der Waals surface area (Å²) in [5.41, 5.74) is 0. The first-order valence-electron chi connectivity index (χ1n) is 3.81. The minimum Gasteiger partial charge on any atom is -0.305 e. The first-order chi connectivity index (χ1) is 4.40. The molecule has 0 aromatic rings. The van der Waals surface area contributed by atoms with Gasteiger partial charge in [0.1, 0.15) is 0 Å². The highest BCUT2D eigenvalue weighted by Crippen LogP contribution is 2.30. The molecule has 2 rings (SSSR count). The van der Waals surface area contributed by atoms with Gasteiger partial charge in [-0.1, -0.05) is 0 Å². The Hall–Kier alpha value is -0.0800. The Balaban J connectivity index is 2.01. The van der Waals surface area contributed by atoms with Crippen LogP contribution in [0.25, 0.3) is 0 Å². The number of fused-ring (bicyclic) bond motifs is 2. The molecule has 52 valence electrons. The fourth-order valence-corrected chi connectivity index (χ4v) is 2.10. The van der Waals surface area contributed by atoms with Crippen molar-refractivity contribution in [2.24, 2.45) is 5.92 Å². The third-order valence-electron chi connectivity index (χ3n) is 2.65. The zero-order valence-corrected chi connectivity index (χ0v) is 5.93. The third kappa shape index (κ3) is 0.775. The van der Waals surface area contributed by atoms with Crippen molar-refractivity contribution in [3.8, 4) is 0 Å². The topological polar surface area (TPSA) is 15.3 Å². The number of nitrogens with zero attached hydrogens (tertiary/aromatic N) is 1. The molecule has 0 amide bonds. The van der Waals surface area contributed by atoms with Crippen molar-refractivity contribution in [1.82, 2.24) is 10.2 Å². The van der Waals surface area contributed by atoms with Gasteiger partial charge in [0.05, 0.1) is 6.17 Å². The lowest BCUT2D eigenvalue weighted by atomic mass is 10.0. The van der Waals surface area contributed by atoms with Crippen molar-refractivity contribution < 1.29 is 0 Å². The van der Waals surface area contributed by atoms with E-state index in [1.54, 1.807) is 0 Å². The van der Waals surface area contributed by atoms with Gasteiger partial charge < -0.3 is 5.32 Å². The Kier molecular flexibility index (Phi) is 1.24. The molecule has 2 aliphatic rings. The van der Waals surface area contributed by atoms with E-state index in [1.807, 2.05) is 0 Å². The van der Waals surface area contributed by atoms with E-state index in [0.717, 1.165) is 5.92 Å². The molecule has 9 heavy (non-hydrogen) atoms. The van der Waals surface area contributed by atoms with Gasteiger partial charge in [-0.25, -0.2) is 0 Å². The smallest absolute Gasteiger partial charge is 0.0597 e. The van der Waals surface area contributed by atoms with Crippen molar-refractivity contribution in [1.29, 1.82) is 0 Å². The van der Waals surface area contributed by atoms with E-state index in [4.69, 9.17) is 0 Å². The molecule has 2 heteroatoms. The summed E-state index contributed by atoms with van der Waals surface area (Å²) in [5.74, 6) is 1.02. The number of hydrogen-bond donors (Lipinski definition) is 1. The Morgan fingerprint density at radius 2 is 2.44 bits per heavy atom. The maximum absolute atomic E-state index is 3.32. The first kappa shape index (κ1) is 5.69. The summed E-state index contributed by atoms with van der Waals surface area (Å²) in [6.45, 7) is 2.68. The predicted octanol–water partition coefficient (Wildman–Crippen LogP) is 0.257. The van der Waals surface area contributed by atoms with Crippen molar-refractivity contribution >= 4 is 0 Å². The highest BCUT2D eigenvalue weighted by molar-refractivity contribution is 4.89. The molecule has 0 radical (unpaired) electrons. The first-order valence-corrected chi connectivity index (χ1v) is 3.81. The highest BCUT2D eigenvalue weighted by atomic mass is 15.3. The van der Waals surface area contributed by atoms with Crippen LogP contribution in [0.2, 0.25) is 0 Å². The van der Waals surface area contributed by atoms with Gasteiger partial charge in [0, 0.05) is 6.54 Å². The molecule has 2 unspecified atom stereocenters. The molecule has 2 fully saturated rings. The fourth-order valence-electron chi connectivity index (χ4n) is 2.10. The zero-order chi connectivity index (χ0) is 6.27. The van der Waals surface area contributed by atoms with Crippen LogP contribution < -0.4 is 5.32 Å². The van der Waals surface area contributed by atoms with Gasteiger partial charge in [0.2, 0.25) is 0 Å². The fraction of sp³-hybridized carbons (Fsp3) is 1.00. The Labute approximate surface area is 56.2 Å². The minimum atomic E-state index is 0.712. The average Bonchev–Trinajstić information content (AvgIpc) is 2.45. The van der Waals surface area contributed by atoms with E-state index in [-0.39, 0.29) is 0 Å². The molecule has 2 saturated heterocycles. The van der Waals surface area contributed by atoms with Crippen LogP contribution in [0.4, 0.5) is 0 Å². The van der Waals surface area contributed by atoms with E-state index in [1.165, 1.54) is 25.9 Å². The van der Waals surface area contributed by atoms with E-state index < -0.39 is 0 Å². The minimum absolute atomic E-state index is 0.712. The molecule has 2 nitrogen and oxygen atoms in total. The van der Waals surface area contributed by atoms with Gasteiger partial charge in [-0.2, -0.15) is 0 Å². The van der Waals surface area contributed by atoms with Crippen LogP contribution in [0.3, 0.4) is 0 Å². The summed E-state index contributed by atoms with van der Waals surface area (Å²) in [4.78, 5) is 2.55. The maximum atomic E-state index is 3.32. The van der Waals surface area contributed by atoms with Crippen LogP contribution in [0, 0.1) is 5.92 Å². The Morgan fingerprint density at radius 1 is 1.56 bits per heavy atom. The molecular formula is C7H14N2. The van der Waals surface area contributed by atoms with E-state index in [2.05, 4.69) is 17.3 Å². The van der Waals surface area contributed by atoms with Crippen molar-refractivity contribution in [2.45, 2.75) is 19.0 Å². The molecular weight excluding hydrogens is 112 g/mol. The van der Waals surface area contributed by atoms with Gasteiger partial charge in [0.25, 0.3) is 0 Å². The van der Waals surface area contributed by atoms with Gasteiger partial charge in [0.15, 0.2) is 0 Å². The summed E-state index contributed by atoms with van der Waals surface area (Å²) in [7, 11) is 2.06. The van der Waals surface area contributed by atoms with Crippen LogP contribution >= 0.6 is 0 Å². The van der Waals surface area contributed by atoms with Crippen LogP contribution in [0.5, 0.6) is 0 Å². The van der Waals surface area contributed by atoms with Crippen molar-refractivity contribution in [2.75, 3.05) is 20.1 Å². The monoisotopic (exact) mass is 126 g/mol. The molecule has 0 aliphatic carbocycles. The molecule has 2 bridgehead atoms. The lowest BCUT2D eigenvalue weighted by Gasteiger charge is -2.23. The average molecular weight is 126 g/mol. The molecule has 2 heterocycles. The van der Waals surface area contributed by atoms with Crippen molar-refractivity contribution in [3.63, 3.8) is 0 Å². The normalized spacial score (nSPS) is 48.3. The van der Waals surface area contributed by atoms with Crippen LogP contribution in [-0.2, 0) is 0 Å². The summed E-state index contributed by atoms with van der Waals surface area (Å²) in [6.07, 6.45) is 3.54. The van der Waals surface area contributed by atoms with Crippen molar-refractivity contribution in [3.05, 3.63) is 0 Å². The Morgan fingerprint density at radius 3 is 2.78 bits per heavy atom. The lowest BCUT2D eigenvalue weighted by Crippen LogP contribution is -2.39. The van der Waals surface area contributed by atoms with E-state index in [0.29, 0.717) is 6.17 Å². The molecule has 1 N–H and O–H groups in total. The van der Waals surface area contributed by atoms with Crippen LogP contribution in [-0.4, -0.2) is 31.2 Å². The third-order valence-corrected chi connectivity index (χ3v) is 2.65. The second-order valence-corrected chi connectivity index (χ2v) is 3.19. The number of nitrogens with one attached hydrogen (secondary N) is 1. The molecule has 2 aliphatic heterocycles. The predicted molar refractivity (Wildman–Crippen MR) is 37.1 cm³/mol. The SMILES string of the molecule is CN[C@H]1CC2CCN1C2. The second-order valence-electron chi connectivity index (χ2n) is 3.19. The Bertz CT molecular complexity index is 113.